The molecule has 0 fully saturated rings. The van der Waals surface area contributed by atoms with Crippen LogP contribution in [0.2, 0.25) is 0 Å². The maximum atomic E-state index is 12.0. The maximum Gasteiger partial charge on any atom is 0.287 e. The van der Waals surface area contributed by atoms with Gasteiger partial charge in [-0.05, 0) is 38.8 Å². The van der Waals surface area contributed by atoms with Gasteiger partial charge >= 0.3 is 0 Å². The van der Waals surface area contributed by atoms with Gasteiger partial charge in [0.15, 0.2) is 11.5 Å². The number of imidazole rings is 1. The van der Waals surface area contributed by atoms with E-state index < -0.39 is 5.60 Å². The molecule has 0 spiro atoms. The molecule has 0 radical (unpaired) electrons. The van der Waals surface area contributed by atoms with E-state index in [9.17, 15) is 9.90 Å². The van der Waals surface area contributed by atoms with Gasteiger partial charge in [-0.15, -0.1) is 0 Å². The molecule has 128 valence electrons. The second-order valence-corrected chi connectivity index (χ2v) is 6.86. The van der Waals surface area contributed by atoms with Gasteiger partial charge in [0.05, 0.1) is 12.0 Å². The van der Waals surface area contributed by atoms with E-state index in [1.54, 1.807) is 44.1 Å². The molecule has 1 amide bonds. The molecule has 2 rings (SSSR count). The fraction of sp³-hybridized carbons (Fsp3) is 0.412. The molecule has 0 aromatic carbocycles. The van der Waals surface area contributed by atoms with Crippen LogP contribution in [0, 0.1) is 18.8 Å². The Bertz CT molecular complexity index is 747. The van der Waals surface area contributed by atoms with Gasteiger partial charge in [-0.1, -0.05) is 5.92 Å². The predicted octanol–water partition coefficient (Wildman–Crippen LogP) is 2.10. The minimum Gasteiger partial charge on any atom is -0.443 e. The van der Waals surface area contributed by atoms with Crippen molar-refractivity contribution in [1.82, 2.24) is 15.3 Å². The van der Waals surface area contributed by atoms with E-state index in [1.165, 1.54) is 0 Å². The zero-order valence-electron chi connectivity index (χ0n) is 14.0. The summed E-state index contributed by atoms with van der Waals surface area (Å²) < 4.78 is 5.35. The smallest absolute Gasteiger partial charge is 0.287 e. The molecule has 0 atom stereocenters. The Hall–Kier alpha value is -2.17. The number of hydrogen-bond donors (Lipinski definition) is 3. The molecule has 2 heterocycles. The minimum atomic E-state index is -1.10. The molecule has 0 bridgehead atoms. The lowest BCUT2D eigenvalue weighted by molar-refractivity contribution is 0.0928. The zero-order valence-corrected chi connectivity index (χ0v) is 14.8. The van der Waals surface area contributed by atoms with E-state index in [2.05, 4.69) is 27.1 Å². The quantitative estimate of drug-likeness (QED) is 0.550. The largest absolute Gasteiger partial charge is 0.443 e. The summed E-state index contributed by atoms with van der Waals surface area (Å²) in [4.78, 5) is 19.2. The highest BCUT2D eigenvalue weighted by Gasteiger charge is 2.11. The molecular weight excluding hydrogens is 326 g/mol. The summed E-state index contributed by atoms with van der Waals surface area (Å²) in [5.74, 6) is 7.21. The molecule has 6 nitrogen and oxygen atoms in total. The Morgan fingerprint density at radius 2 is 2.29 bits per heavy atom. The fourth-order valence-electron chi connectivity index (χ4n) is 1.77. The number of aromatic nitrogens is 2. The molecule has 3 N–H and O–H groups in total. The number of furan rings is 1. The third-order valence-corrected chi connectivity index (χ3v) is 4.00. The van der Waals surface area contributed by atoms with Crippen molar-refractivity contribution in [3.05, 3.63) is 41.4 Å². The SMILES string of the molecule is Cc1[nH]cnc1CSCCNC(=O)c1ccc(C#CC(C)(C)O)o1. The normalized spacial score (nSPS) is 11.0. The minimum absolute atomic E-state index is 0.211. The van der Waals surface area contributed by atoms with Crippen molar-refractivity contribution in [1.29, 1.82) is 0 Å². The number of amides is 1. The first-order chi connectivity index (χ1) is 11.3. The van der Waals surface area contributed by atoms with E-state index in [1.807, 2.05) is 6.92 Å². The summed E-state index contributed by atoms with van der Waals surface area (Å²) >= 11 is 1.70. The van der Waals surface area contributed by atoms with Crippen LogP contribution in [0.15, 0.2) is 22.9 Å². The summed E-state index contributed by atoms with van der Waals surface area (Å²) in [6.45, 7) is 5.69. The highest BCUT2D eigenvalue weighted by atomic mass is 32.2. The van der Waals surface area contributed by atoms with Crippen LogP contribution in [-0.4, -0.2) is 38.9 Å². The predicted molar refractivity (Wildman–Crippen MR) is 93.7 cm³/mol. The molecule has 24 heavy (non-hydrogen) atoms. The summed E-state index contributed by atoms with van der Waals surface area (Å²) in [6.07, 6.45) is 1.68. The van der Waals surface area contributed by atoms with E-state index in [0.717, 1.165) is 22.9 Å². The number of hydrogen-bond acceptors (Lipinski definition) is 5. The van der Waals surface area contributed by atoms with Gasteiger partial charge < -0.3 is 19.8 Å². The molecule has 7 heteroatoms. The summed E-state index contributed by atoms with van der Waals surface area (Å²) in [6, 6.07) is 3.19. The summed E-state index contributed by atoms with van der Waals surface area (Å²) in [5, 5.41) is 12.3. The lowest BCUT2D eigenvalue weighted by Gasteiger charge is -2.05. The number of thioether (sulfide) groups is 1. The van der Waals surface area contributed by atoms with Crippen LogP contribution in [0.1, 0.15) is 41.6 Å². The monoisotopic (exact) mass is 347 g/mol. The zero-order chi connectivity index (χ0) is 17.6. The third-order valence-electron chi connectivity index (χ3n) is 3.03. The Labute approximate surface area is 145 Å². The van der Waals surface area contributed by atoms with Gasteiger partial charge in [0.25, 0.3) is 5.91 Å². The van der Waals surface area contributed by atoms with Gasteiger partial charge in [0.1, 0.15) is 5.60 Å². The number of aryl methyl sites for hydroxylation is 1. The number of nitrogens with zero attached hydrogens (tertiary/aromatic N) is 1. The standard InChI is InChI=1S/C17H21N3O3S/c1-12-14(20-11-19-12)10-24-9-8-18-16(21)15-5-4-13(23-15)6-7-17(2,3)22/h4-5,11,22H,8-10H2,1-3H3,(H,18,21)(H,19,20). The van der Waals surface area contributed by atoms with Gasteiger partial charge in [-0.2, -0.15) is 11.8 Å². The number of carbonyl (C=O) groups excluding carboxylic acids is 1. The van der Waals surface area contributed by atoms with Crippen molar-refractivity contribution in [3.63, 3.8) is 0 Å². The highest BCUT2D eigenvalue weighted by Crippen LogP contribution is 2.12. The number of carbonyl (C=O) groups is 1. The van der Waals surface area contributed by atoms with Crippen LogP contribution in [0.3, 0.4) is 0 Å². The summed E-state index contributed by atoms with van der Waals surface area (Å²) in [5.41, 5.74) is 1.01. The maximum absolute atomic E-state index is 12.0. The van der Waals surface area contributed by atoms with Crippen LogP contribution in [0.25, 0.3) is 0 Å². The van der Waals surface area contributed by atoms with Crippen LogP contribution >= 0.6 is 11.8 Å². The van der Waals surface area contributed by atoms with Crippen LogP contribution < -0.4 is 5.32 Å². The average Bonchev–Trinajstić information content (AvgIpc) is 3.13. The van der Waals surface area contributed by atoms with Crippen molar-refractivity contribution in [3.8, 4) is 11.8 Å². The van der Waals surface area contributed by atoms with Gasteiger partial charge in [-0.25, -0.2) is 4.98 Å². The average molecular weight is 347 g/mol. The van der Waals surface area contributed by atoms with E-state index in [-0.39, 0.29) is 11.7 Å². The molecule has 2 aromatic rings. The Morgan fingerprint density at radius 3 is 2.96 bits per heavy atom. The van der Waals surface area contributed by atoms with Crippen LogP contribution in [0.4, 0.5) is 0 Å². The van der Waals surface area contributed by atoms with Gasteiger partial charge in [-0.3, -0.25) is 4.79 Å². The lowest BCUT2D eigenvalue weighted by Crippen LogP contribution is -2.25. The van der Waals surface area contributed by atoms with E-state index in [0.29, 0.717) is 12.3 Å². The first-order valence-corrected chi connectivity index (χ1v) is 8.71. The van der Waals surface area contributed by atoms with Gasteiger partial charge in [0, 0.05) is 23.7 Å². The topological polar surface area (TPSA) is 91.2 Å². The van der Waals surface area contributed by atoms with Crippen molar-refractivity contribution in [2.24, 2.45) is 0 Å². The van der Waals surface area contributed by atoms with E-state index in [4.69, 9.17) is 4.42 Å². The fourth-order valence-corrected chi connectivity index (χ4v) is 2.64. The molecule has 0 unspecified atom stereocenters. The molecule has 0 saturated carbocycles. The molecule has 0 aliphatic rings. The van der Waals surface area contributed by atoms with Crippen molar-refractivity contribution in [2.75, 3.05) is 12.3 Å². The van der Waals surface area contributed by atoms with Crippen molar-refractivity contribution < 1.29 is 14.3 Å². The number of aromatic amines is 1. The van der Waals surface area contributed by atoms with Crippen LogP contribution in [-0.2, 0) is 5.75 Å². The molecular formula is C17H21N3O3S. The molecule has 2 aromatic heterocycles. The van der Waals surface area contributed by atoms with E-state index >= 15 is 0 Å². The van der Waals surface area contributed by atoms with Crippen molar-refractivity contribution in [2.45, 2.75) is 32.1 Å². The number of H-pyrrole nitrogens is 1. The Kier molecular flexibility index (Phi) is 6.12. The van der Waals surface area contributed by atoms with Crippen molar-refractivity contribution >= 4 is 17.7 Å². The lowest BCUT2D eigenvalue weighted by atomic mass is 10.1. The Morgan fingerprint density at radius 1 is 1.50 bits per heavy atom. The second-order valence-electron chi connectivity index (χ2n) is 5.76. The number of nitrogens with one attached hydrogen (secondary N) is 2. The third kappa shape index (κ3) is 5.80. The van der Waals surface area contributed by atoms with Crippen LogP contribution in [0.5, 0.6) is 0 Å². The highest BCUT2D eigenvalue weighted by molar-refractivity contribution is 7.98. The molecule has 0 aliphatic carbocycles. The number of aliphatic hydroxyl groups is 1. The summed E-state index contributed by atoms with van der Waals surface area (Å²) in [7, 11) is 0. The molecule has 0 saturated heterocycles. The molecule has 0 aliphatic heterocycles. The van der Waals surface area contributed by atoms with Gasteiger partial charge in [0.2, 0.25) is 0 Å². The first-order valence-electron chi connectivity index (χ1n) is 7.55. The first kappa shape index (κ1) is 18.2. The Balaban J connectivity index is 1.73. The second kappa shape index (κ2) is 8.08. The number of rotatable bonds is 6.